The summed E-state index contributed by atoms with van der Waals surface area (Å²) in [7, 11) is -4.36. The van der Waals surface area contributed by atoms with Gasteiger partial charge in [0.2, 0.25) is 5.28 Å². The lowest BCUT2D eigenvalue weighted by molar-refractivity contribution is -0.0658. The monoisotopic (exact) mass is 491 g/mol. The van der Waals surface area contributed by atoms with Crippen molar-refractivity contribution in [2.75, 3.05) is 18.3 Å². The summed E-state index contributed by atoms with van der Waals surface area (Å²) in [6.45, 7) is 1.84. The lowest BCUT2D eigenvalue weighted by Crippen LogP contribution is -2.34. The highest BCUT2D eigenvalue weighted by atomic mass is 35.5. The molecule has 2 aliphatic rings. The van der Waals surface area contributed by atoms with E-state index in [1.807, 2.05) is 0 Å². The van der Waals surface area contributed by atoms with Gasteiger partial charge in [-0.3, -0.25) is 4.57 Å². The van der Waals surface area contributed by atoms with Gasteiger partial charge >= 0.3 is 7.60 Å². The van der Waals surface area contributed by atoms with Gasteiger partial charge in [0, 0.05) is 6.04 Å². The minimum Gasteiger partial charge on any atom is -0.387 e. The second kappa shape index (κ2) is 9.47. The summed E-state index contributed by atoms with van der Waals surface area (Å²) in [6, 6.07) is 0.267. The van der Waals surface area contributed by atoms with Crippen LogP contribution >= 0.6 is 19.2 Å². The van der Waals surface area contributed by atoms with Gasteiger partial charge in [-0.2, -0.15) is 15.1 Å². The molecule has 1 saturated carbocycles. The van der Waals surface area contributed by atoms with Gasteiger partial charge in [-0.05, 0) is 30.4 Å². The molecule has 0 radical (unpaired) electrons. The number of halogens is 1. The molecular formula is C18H27ClN5O7P. The van der Waals surface area contributed by atoms with Crippen LogP contribution in [0.25, 0.3) is 11.0 Å². The lowest BCUT2D eigenvalue weighted by Gasteiger charge is -2.21. The zero-order valence-corrected chi connectivity index (χ0v) is 19.1. The third-order valence-corrected chi connectivity index (χ3v) is 6.74. The quantitative estimate of drug-likeness (QED) is 0.265. The first-order valence-corrected chi connectivity index (χ1v) is 12.7. The van der Waals surface area contributed by atoms with E-state index < -0.39 is 38.5 Å². The molecule has 1 aliphatic heterocycles. The van der Waals surface area contributed by atoms with Gasteiger partial charge < -0.3 is 34.8 Å². The summed E-state index contributed by atoms with van der Waals surface area (Å²) in [5.74, 6) is 1.09. The molecule has 6 atom stereocenters. The summed E-state index contributed by atoms with van der Waals surface area (Å²) in [6.07, 6.45) is 0.282. The van der Waals surface area contributed by atoms with Crippen LogP contribution in [-0.2, 0) is 14.0 Å². The van der Waals surface area contributed by atoms with E-state index in [1.54, 1.807) is 6.20 Å². The fourth-order valence-corrected chi connectivity index (χ4v) is 4.95. The number of hydrogen-bond donors (Lipinski definition) is 5. The Labute approximate surface area is 189 Å². The van der Waals surface area contributed by atoms with Crippen LogP contribution in [0, 0.1) is 5.92 Å². The van der Waals surface area contributed by atoms with Crippen LogP contribution < -0.4 is 5.32 Å². The van der Waals surface area contributed by atoms with E-state index in [1.165, 1.54) is 4.68 Å². The van der Waals surface area contributed by atoms with Gasteiger partial charge in [0.25, 0.3) is 0 Å². The standard InChI is InChI=1S/C18H27ClN5O7P/c1-2-9-4-3-5-11(9)21-15-10-6-20-24(16(10)23-18(19)22-15)17-14(26)13(25)12(31-17)7-30-8-32(27,28)29/h6,9,11-14,17,25-26H,2-5,7-8H2,1H3,(H,21,22,23)(H2,27,28,29)/t9-,11+,12+,13+,14+,17+/m0/s1. The molecule has 3 heterocycles. The van der Waals surface area contributed by atoms with Gasteiger partial charge in [-0.25, -0.2) is 4.68 Å². The fraction of sp³-hybridized carbons (Fsp3) is 0.722. The highest BCUT2D eigenvalue weighted by Gasteiger charge is 2.45. The molecule has 0 unspecified atom stereocenters. The highest BCUT2D eigenvalue weighted by Crippen LogP contribution is 2.37. The third-order valence-electron chi connectivity index (χ3n) is 6.05. The first-order chi connectivity index (χ1) is 15.2. The van der Waals surface area contributed by atoms with Crippen molar-refractivity contribution >= 4 is 36.0 Å². The van der Waals surface area contributed by atoms with E-state index in [0.29, 0.717) is 22.8 Å². The van der Waals surface area contributed by atoms with Crippen LogP contribution in [0.5, 0.6) is 0 Å². The van der Waals surface area contributed by atoms with Crippen molar-refractivity contribution in [1.29, 1.82) is 0 Å². The van der Waals surface area contributed by atoms with E-state index in [0.717, 1.165) is 25.7 Å². The van der Waals surface area contributed by atoms with Crippen molar-refractivity contribution in [3.05, 3.63) is 11.5 Å². The first-order valence-electron chi connectivity index (χ1n) is 10.5. The summed E-state index contributed by atoms with van der Waals surface area (Å²) < 4.78 is 22.9. The molecule has 0 bridgehead atoms. The minimum absolute atomic E-state index is 0.00218. The number of ether oxygens (including phenoxy) is 2. The highest BCUT2D eigenvalue weighted by molar-refractivity contribution is 7.51. The number of nitrogens with one attached hydrogen (secondary N) is 1. The molecule has 14 heteroatoms. The predicted octanol–water partition coefficient (Wildman–Crippen LogP) is 1.24. The van der Waals surface area contributed by atoms with E-state index in [2.05, 4.69) is 27.3 Å². The normalized spacial score (nSPS) is 30.9. The second-order valence-corrected chi connectivity index (χ2v) is 10.2. The van der Waals surface area contributed by atoms with Gasteiger partial charge in [-0.1, -0.05) is 19.8 Å². The predicted molar refractivity (Wildman–Crippen MR) is 114 cm³/mol. The van der Waals surface area contributed by atoms with Gasteiger partial charge in [-0.15, -0.1) is 0 Å². The van der Waals surface area contributed by atoms with Gasteiger partial charge in [0.15, 0.2) is 11.9 Å². The Morgan fingerprint density at radius 3 is 2.81 bits per heavy atom. The number of aliphatic hydroxyl groups excluding tert-OH is 2. The van der Waals surface area contributed by atoms with Crippen molar-refractivity contribution in [2.24, 2.45) is 5.92 Å². The Morgan fingerprint density at radius 1 is 1.31 bits per heavy atom. The lowest BCUT2D eigenvalue weighted by atomic mass is 10.0. The smallest absolute Gasteiger partial charge is 0.350 e. The fourth-order valence-electron chi connectivity index (χ4n) is 4.44. The third kappa shape index (κ3) is 4.92. The van der Waals surface area contributed by atoms with Crippen molar-refractivity contribution in [2.45, 2.75) is 63.2 Å². The molecule has 2 fully saturated rings. The molecule has 4 rings (SSSR count). The summed E-state index contributed by atoms with van der Waals surface area (Å²) in [5, 5.41) is 29.2. The SMILES string of the molecule is CC[C@H]1CCC[C@H]1Nc1nc(Cl)nc2c1cnn2[C@@H]1O[C@H](COCP(=O)(O)O)[C@@H](O)[C@H]1O. The van der Waals surface area contributed by atoms with Gasteiger partial charge in [0.1, 0.15) is 30.5 Å². The Morgan fingerprint density at radius 2 is 2.09 bits per heavy atom. The molecule has 12 nitrogen and oxygen atoms in total. The summed E-state index contributed by atoms with van der Waals surface area (Å²) in [4.78, 5) is 26.4. The molecule has 0 spiro atoms. The van der Waals surface area contributed by atoms with Crippen LogP contribution in [0.1, 0.15) is 38.8 Å². The molecule has 178 valence electrons. The maximum Gasteiger partial charge on any atom is 0.350 e. The second-order valence-electron chi connectivity index (χ2n) is 8.23. The van der Waals surface area contributed by atoms with E-state index in [-0.39, 0.29) is 17.9 Å². The maximum atomic E-state index is 10.9. The van der Waals surface area contributed by atoms with Crippen molar-refractivity contribution in [1.82, 2.24) is 19.7 Å². The number of nitrogens with zero attached hydrogens (tertiary/aromatic N) is 4. The Hall–Kier alpha value is -1.37. The van der Waals surface area contributed by atoms with Crippen molar-refractivity contribution in [3.63, 3.8) is 0 Å². The number of anilines is 1. The van der Waals surface area contributed by atoms with Gasteiger partial charge in [0.05, 0.1) is 18.2 Å². The van der Waals surface area contributed by atoms with Crippen LogP contribution in [-0.4, -0.2) is 77.1 Å². The maximum absolute atomic E-state index is 10.9. The summed E-state index contributed by atoms with van der Waals surface area (Å²) >= 11 is 6.17. The first kappa shape index (κ1) is 23.8. The Balaban J connectivity index is 1.55. The molecule has 1 saturated heterocycles. The topological polar surface area (TPSA) is 172 Å². The van der Waals surface area contributed by atoms with Crippen LogP contribution in [0.2, 0.25) is 5.28 Å². The van der Waals surface area contributed by atoms with Crippen molar-refractivity contribution < 1.29 is 34.0 Å². The molecule has 0 aromatic carbocycles. The summed E-state index contributed by atoms with van der Waals surface area (Å²) in [5.41, 5.74) is 0.326. The number of hydrogen-bond acceptors (Lipinski definition) is 9. The van der Waals surface area contributed by atoms with Crippen molar-refractivity contribution in [3.8, 4) is 0 Å². The molecule has 0 amide bonds. The number of fused-ring (bicyclic) bond motifs is 1. The van der Waals surface area contributed by atoms with Crippen LogP contribution in [0.15, 0.2) is 6.20 Å². The zero-order valence-electron chi connectivity index (χ0n) is 17.4. The molecule has 2 aromatic heterocycles. The molecule has 2 aromatic rings. The van der Waals surface area contributed by atoms with E-state index in [9.17, 15) is 14.8 Å². The molecule has 5 N–H and O–H groups in total. The molecular weight excluding hydrogens is 465 g/mol. The Bertz CT molecular complexity index is 1000. The Kier molecular flexibility index (Phi) is 7.04. The zero-order chi connectivity index (χ0) is 23.0. The van der Waals surface area contributed by atoms with E-state index >= 15 is 0 Å². The minimum atomic E-state index is -4.36. The largest absolute Gasteiger partial charge is 0.387 e. The van der Waals surface area contributed by atoms with E-state index in [4.69, 9.17) is 30.9 Å². The van der Waals surface area contributed by atoms with Crippen LogP contribution in [0.4, 0.5) is 5.82 Å². The number of aliphatic hydroxyl groups is 2. The average Bonchev–Trinajstić information content (AvgIpc) is 3.41. The molecule has 1 aliphatic carbocycles. The number of aromatic nitrogens is 4. The molecule has 32 heavy (non-hydrogen) atoms. The average molecular weight is 492 g/mol. The van der Waals surface area contributed by atoms with Crippen LogP contribution in [0.3, 0.4) is 0 Å². The number of rotatable bonds is 8.